The van der Waals surface area contributed by atoms with Crippen molar-refractivity contribution >= 4 is 17.2 Å². The van der Waals surface area contributed by atoms with Crippen LogP contribution in [-0.4, -0.2) is 0 Å². The fraction of sp³-hybridized carbons (Fsp3) is 0.158. The summed E-state index contributed by atoms with van der Waals surface area (Å²) in [6.07, 6.45) is 1.63. The van der Waals surface area contributed by atoms with E-state index in [1.165, 1.54) is 11.1 Å². The highest BCUT2D eigenvalue weighted by Gasteiger charge is 2.26. The Kier molecular flexibility index (Phi) is 3.96. The average molecular weight is 305 g/mol. The Labute approximate surface area is 134 Å². The lowest BCUT2D eigenvalue weighted by atomic mass is 9.75. The predicted octanol–water partition coefficient (Wildman–Crippen LogP) is 5.07. The van der Waals surface area contributed by atoms with Gasteiger partial charge in [-0.3, -0.25) is 0 Å². The number of allylic oxidation sites excluding steroid dienone is 2. The highest BCUT2D eigenvalue weighted by Crippen LogP contribution is 2.42. The third-order valence-electron chi connectivity index (χ3n) is 4.14. The SMILES string of the molecule is N#CC(C#N)=C1CCC(c2ccc(Cl)cc2)c2ccccc21. The standard InChI is InChI=1S/C19H13ClN2/c20-15-7-5-13(6-8-15)16-9-10-17(14(11-21)12-22)19-4-2-1-3-18(16)19/h1-8,16H,9-10H2. The Morgan fingerprint density at radius 1 is 1.00 bits per heavy atom. The van der Waals surface area contributed by atoms with Crippen LogP contribution in [0.4, 0.5) is 0 Å². The summed E-state index contributed by atoms with van der Waals surface area (Å²) >= 11 is 5.97. The quantitative estimate of drug-likeness (QED) is 0.691. The maximum atomic E-state index is 9.17. The summed E-state index contributed by atoms with van der Waals surface area (Å²) < 4.78 is 0. The molecule has 0 saturated carbocycles. The van der Waals surface area contributed by atoms with Crippen LogP contribution in [0.2, 0.25) is 5.02 Å². The second kappa shape index (κ2) is 6.06. The molecule has 0 fully saturated rings. The number of nitriles is 2. The van der Waals surface area contributed by atoms with Gasteiger partial charge in [0.25, 0.3) is 0 Å². The van der Waals surface area contributed by atoms with Crippen LogP contribution in [0.15, 0.2) is 54.1 Å². The largest absolute Gasteiger partial charge is 0.192 e. The molecule has 2 aromatic rings. The Hall–Kier alpha value is -2.55. The van der Waals surface area contributed by atoms with E-state index in [4.69, 9.17) is 11.6 Å². The van der Waals surface area contributed by atoms with Crippen LogP contribution in [0.3, 0.4) is 0 Å². The minimum Gasteiger partial charge on any atom is -0.192 e. The van der Waals surface area contributed by atoms with Crippen molar-refractivity contribution in [2.24, 2.45) is 0 Å². The summed E-state index contributed by atoms with van der Waals surface area (Å²) in [7, 11) is 0. The molecule has 1 aliphatic carbocycles. The van der Waals surface area contributed by atoms with Crippen molar-refractivity contribution in [2.75, 3.05) is 0 Å². The van der Waals surface area contributed by atoms with Crippen molar-refractivity contribution in [3.8, 4) is 12.1 Å². The number of halogens is 1. The number of rotatable bonds is 1. The van der Waals surface area contributed by atoms with Gasteiger partial charge in [-0.1, -0.05) is 48.0 Å². The second-order valence-electron chi connectivity index (χ2n) is 5.31. The van der Waals surface area contributed by atoms with Gasteiger partial charge in [-0.25, -0.2) is 0 Å². The van der Waals surface area contributed by atoms with Gasteiger partial charge in [0.1, 0.15) is 17.7 Å². The summed E-state index contributed by atoms with van der Waals surface area (Å²) in [5, 5.41) is 19.1. The first-order chi connectivity index (χ1) is 10.7. The maximum absolute atomic E-state index is 9.17. The molecule has 1 unspecified atom stereocenters. The van der Waals surface area contributed by atoms with E-state index in [1.54, 1.807) is 0 Å². The number of benzene rings is 2. The Morgan fingerprint density at radius 3 is 2.36 bits per heavy atom. The molecule has 22 heavy (non-hydrogen) atoms. The Bertz CT molecular complexity index is 804. The summed E-state index contributed by atoms with van der Waals surface area (Å²) in [5.41, 5.74) is 4.50. The lowest BCUT2D eigenvalue weighted by Gasteiger charge is -2.28. The highest BCUT2D eigenvalue weighted by atomic mass is 35.5. The van der Waals surface area contributed by atoms with Gasteiger partial charge >= 0.3 is 0 Å². The van der Waals surface area contributed by atoms with Crippen LogP contribution in [0, 0.1) is 22.7 Å². The smallest absolute Gasteiger partial charge is 0.133 e. The molecule has 2 aromatic carbocycles. The molecule has 1 aliphatic rings. The fourth-order valence-corrected chi connectivity index (χ4v) is 3.24. The molecule has 0 amide bonds. The van der Waals surface area contributed by atoms with Gasteiger partial charge in [0.15, 0.2) is 0 Å². The van der Waals surface area contributed by atoms with Gasteiger partial charge in [0, 0.05) is 10.9 Å². The Balaban J connectivity index is 2.13. The molecule has 2 nitrogen and oxygen atoms in total. The van der Waals surface area contributed by atoms with Gasteiger partial charge in [-0.05, 0) is 47.2 Å². The van der Waals surface area contributed by atoms with Crippen molar-refractivity contribution in [2.45, 2.75) is 18.8 Å². The highest BCUT2D eigenvalue weighted by molar-refractivity contribution is 6.30. The number of hydrogen-bond donors (Lipinski definition) is 0. The third kappa shape index (κ3) is 2.50. The normalized spacial score (nSPS) is 16.3. The molecule has 0 radical (unpaired) electrons. The number of nitrogens with zero attached hydrogens (tertiary/aromatic N) is 2. The molecular weight excluding hydrogens is 292 g/mol. The Morgan fingerprint density at radius 2 is 1.68 bits per heavy atom. The van der Waals surface area contributed by atoms with Crippen molar-refractivity contribution in [1.82, 2.24) is 0 Å². The maximum Gasteiger partial charge on any atom is 0.133 e. The molecule has 0 bridgehead atoms. The minimum atomic E-state index is 0.224. The van der Waals surface area contributed by atoms with Gasteiger partial charge in [0.05, 0.1) is 0 Å². The molecule has 0 spiro atoms. The zero-order chi connectivity index (χ0) is 15.5. The van der Waals surface area contributed by atoms with Gasteiger partial charge in [-0.15, -0.1) is 0 Å². The topological polar surface area (TPSA) is 47.6 Å². The molecule has 0 aliphatic heterocycles. The molecule has 3 rings (SSSR count). The van der Waals surface area contributed by atoms with E-state index in [9.17, 15) is 10.5 Å². The number of hydrogen-bond acceptors (Lipinski definition) is 2. The van der Waals surface area contributed by atoms with Crippen molar-refractivity contribution in [3.05, 3.63) is 75.8 Å². The molecule has 0 saturated heterocycles. The zero-order valence-electron chi connectivity index (χ0n) is 11.9. The molecule has 0 heterocycles. The van der Waals surface area contributed by atoms with E-state index in [2.05, 4.69) is 6.07 Å². The van der Waals surface area contributed by atoms with Crippen molar-refractivity contribution < 1.29 is 0 Å². The summed E-state index contributed by atoms with van der Waals surface area (Å²) in [6, 6.07) is 20.0. The lowest BCUT2D eigenvalue weighted by Crippen LogP contribution is -2.11. The molecule has 106 valence electrons. The van der Waals surface area contributed by atoms with E-state index in [0.717, 1.165) is 29.0 Å². The first-order valence-corrected chi connectivity index (χ1v) is 7.50. The van der Waals surface area contributed by atoms with Crippen LogP contribution in [-0.2, 0) is 0 Å². The molecule has 3 heteroatoms. The second-order valence-corrected chi connectivity index (χ2v) is 5.74. The van der Waals surface area contributed by atoms with E-state index in [1.807, 2.05) is 54.6 Å². The third-order valence-corrected chi connectivity index (χ3v) is 4.39. The zero-order valence-corrected chi connectivity index (χ0v) is 12.6. The lowest BCUT2D eigenvalue weighted by molar-refractivity contribution is 0.710. The van der Waals surface area contributed by atoms with Crippen molar-refractivity contribution in [3.63, 3.8) is 0 Å². The fourth-order valence-electron chi connectivity index (χ4n) is 3.12. The van der Waals surface area contributed by atoms with Gasteiger partial charge < -0.3 is 0 Å². The van der Waals surface area contributed by atoms with Gasteiger partial charge in [-0.2, -0.15) is 10.5 Å². The van der Waals surface area contributed by atoms with Crippen LogP contribution in [0.25, 0.3) is 5.57 Å². The number of fused-ring (bicyclic) bond motifs is 1. The molecule has 0 aromatic heterocycles. The van der Waals surface area contributed by atoms with Crippen LogP contribution in [0.5, 0.6) is 0 Å². The summed E-state index contributed by atoms with van der Waals surface area (Å²) in [6.45, 7) is 0. The first kappa shape index (κ1) is 14.4. The predicted molar refractivity (Wildman–Crippen MR) is 87.1 cm³/mol. The van der Waals surface area contributed by atoms with E-state index in [0.29, 0.717) is 0 Å². The molecule has 0 N–H and O–H groups in total. The van der Waals surface area contributed by atoms with Crippen LogP contribution < -0.4 is 0 Å². The van der Waals surface area contributed by atoms with Gasteiger partial charge in [0.2, 0.25) is 0 Å². The summed E-state index contributed by atoms with van der Waals surface area (Å²) in [4.78, 5) is 0. The summed E-state index contributed by atoms with van der Waals surface area (Å²) in [5.74, 6) is 0.274. The molecular formula is C19H13ClN2. The van der Waals surface area contributed by atoms with Crippen LogP contribution in [0.1, 0.15) is 35.4 Å². The van der Waals surface area contributed by atoms with E-state index in [-0.39, 0.29) is 11.5 Å². The monoisotopic (exact) mass is 304 g/mol. The van der Waals surface area contributed by atoms with E-state index < -0.39 is 0 Å². The minimum absolute atomic E-state index is 0.224. The first-order valence-electron chi connectivity index (χ1n) is 7.12. The van der Waals surface area contributed by atoms with E-state index >= 15 is 0 Å². The molecule has 1 atom stereocenters. The van der Waals surface area contributed by atoms with Crippen LogP contribution >= 0.6 is 11.6 Å². The average Bonchev–Trinajstić information content (AvgIpc) is 2.57. The van der Waals surface area contributed by atoms with Crippen molar-refractivity contribution in [1.29, 1.82) is 10.5 Å².